The van der Waals surface area contributed by atoms with Crippen molar-refractivity contribution in [2.75, 3.05) is 6.61 Å². The Kier molecular flexibility index (Phi) is 5.12. The average molecular weight is 382 g/mol. The first kappa shape index (κ1) is 18.3. The average Bonchev–Trinajstić information content (AvgIpc) is 2.89. The van der Waals surface area contributed by atoms with E-state index in [1.807, 2.05) is 0 Å². The zero-order valence-electron chi connectivity index (χ0n) is 14.0. The van der Waals surface area contributed by atoms with E-state index in [4.69, 9.17) is 27.9 Å². The smallest absolute Gasteiger partial charge is 0.156 e. The third-order valence-corrected chi connectivity index (χ3v) is 5.98. The Hall–Kier alpha value is -1.52. The molecule has 4 nitrogen and oxygen atoms in total. The number of carboxylic acid groups (broad SMARTS) is 1. The van der Waals surface area contributed by atoms with E-state index in [0.717, 1.165) is 48.8 Å². The quantitative estimate of drug-likeness (QED) is 0.754. The van der Waals surface area contributed by atoms with Crippen LogP contribution in [0.4, 0.5) is 0 Å². The molecule has 3 rings (SSSR count). The fourth-order valence-electron chi connectivity index (χ4n) is 3.96. The standard InChI is InChI=1S/C19H20Cl2O4/c1-2-3-5-19-6-4-12(22)8-13(19)16-11(9-19)7-14(17(20)18(16)21)25-10-15(23)24/h7-8H,2-6,9-10H2,1H3,(H,23,24)/p-1. The zero-order chi connectivity index (χ0) is 18.2. The van der Waals surface area contributed by atoms with Crippen molar-refractivity contribution < 1.29 is 19.4 Å². The molecule has 2 aliphatic carbocycles. The summed E-state index contributed by atoms with van der Waals surface area (Å²) in [6.45, 7) is 1.56. The monoisotopic (exact) mass is 381 g/mol. The number of hydrogen-bond donors (Lipinski definition) is 0. The number of allylic oxidation sites excluding steroid dienone is 2. The van der Waals surface area contributed by atoms with Gasteiger partial charge in [-0.05, 0) is 42.5 Å². The van der Waals surface area contributed by atoms with Crippen molar-refractivity contribution in [1.29, 1.82) is 0 Å². The van der Waals surface area contributed by atoms with E-state index in [2.05, 4.69) is 6.92 Å². The predicted octanol–water partition coefficient (Wildman–Crippen LogP) is 3.60. The van der Waals surface area contributed by atoms with Gasteiger partial charge in [-0.3, -0.25) is 4.79 Å². The lowest BCUT2D eigenvalue weighted by molar-refractivity contribution is -0.307. The zero-order valence-corrected chi connectivity index (χ0v) is 15.5. The normalized spacial score (nSPS) is 21.6. The van der Waals surface area contributed by atoms with Crippen LogP contribution in [0.25, 0.3) is 5.57 Å². The van der Waals surface area contributed by atoms with Crippen molar-refractivity contribution >= 4 is 40.5 Å². The first-order valence-electron chi connectivity index (χ1n) is 8.47. The molecule has 25 heavy (non-hydrogen) atoms. The number of hydrogen-bond acceptors (Lipinski definition) is 4. The second kappa shape index (κ2) is 7.00. The fourth-order valence-corrected chi connectivity index (χ4v) is 4.48. The van der Waals surface area contributed by atoms with Crippen LogP contribution in [-0.4, -0.2) is 18.4 Å². The number of fused-ring (bicyclic) bond motifs is 3. The summed E-state index contributed by atoms with van der Waals surface area (Å²) < 4.78 is 5.23. The van der Waals surface area contributed by atoms with E-state index in [0.29, 0.717) is 11.4 Å². The Morgan fingerprint density at radius 3 is 2.80 bits per heavy atom. The molecular formula is C19H19Cl2O4-. The first-order valence-corrected chi connectivity index (χ1v) is 9.22. The van der Waals surface area contributed by atoms with Crippen LogP contribution >= 0.6 is 23.2 Å². The van der Waals surface area contributed by atoms with Crippen LogP contribution < -0.4 is 9.84 Å². The molecule has 0 aromatic heterocycles. The van der Waals surface area contributed by atoms with Gasteiger partial charge in [-0.2, -0.15) is 0 Å². The molecule has 0 radical (unpaired) electrons. The largest absolute Gasteiger partial charge is 0.546 e. The highest BCUT2D eigenvalue weighted by atomic mass is 35.5. The molecule has 0 amide bonds. The molecule has 0 fully saturated rings. The number of rotatable bonds is 6. The second-order valence-corrected chi connectivity index (χ2v) is 7.54. The Morgan fingerprint density at radius 1 is 1.36 bits per heavy atom. The van der Waals surface area contributed by atoms with Gasteiger partial charge in [0.2, 0.25) is 0 Å². The molecule has 1 aromatic carbocycles. The van der Waals surface area contributed by atoms with Crippen LogP contribution in [0.5, 0.6) is 5.75 Å². The number of halogens is 2. The van der Waals surface area contributed by atoms with Crippen LogP contribution in [0.3, 0.4) is 0 Å². The van der Waals surface area contributed by atoms with Crippen molar-refractivity contribution in [3.05, 3.63) is 33.3 Å². The molecule has 0 aliphatic heterocycles. The van der Waals surface area contributed by atoms with Gasteiger partial charge in [-0.15, -0.1) is 0 Å². The van der Waals surface area contributed by atoms with Gasteiger partial charge in [0.25, 0.3) is 0 Å². The summed E-state index contributed by atoms with van der Waals surface area (Å²) in [5.74, 6) is -0.973. The highest BCUT2D eigenvalue weighted by Gasteiger charge is 2.45. The highest BCUT2D eigenvalue weighted by molar-refractivity contribution is 6.44. The van der Waals surface area contributed by atoms with Gasteiger partial charge in [0.1, 0.15) is 17.4 Å². The minimum absolute atomic E-state index is 0.0911. The molecule has 0 saturated carbocycles. The lowest BCUT2D eigenvalue weighted by Crippen LogP contribution is -2.29. The lowest BCUT2D eigenvalue weighted by Gasteiger charge is -2.34. The molecule has 0 saturated heterocycles. The number of carbonyl (C=O) groups excluding carboxylic acids is 2. The molecular weight excluding hydrogens is 363 g/mol. The summed E-state index contributed by atoms with van der Waals surface area (Å²) in [4.78, 5) is 22.7. The maximum atomic E-state index is 12.0. The molecule has 1 unspecified atom stereocenters. The van der Waals surface area contributed by atoms with E-state index in [1.54, 1.807) is 12.1 Å². The summed E-state index contributed by atoms with van der Waals surface area (Å²) in [5, 5.41) is 11.2. The number of aliphatic carboxylic acids is 1. The Labute approximate surface area is 156 Å². The van der Waals surface area contributed by atoms with Crippen molar-refractivity contribution in [3.8, 4) is 5.75 Å². The van der Waals surface area contributed by atoms with Crippen molar-refractivity contribution in [2.24, 2.45) is 5.41 Å². The number of carbonyl (C=O) groups is 2. The minimum atomic E-state index is -1.32. The Bertz CT molecular complexity index is 769. The maximum absolute atomic E-state index is 12.0. The van der Waals surface area contributed by atoms with Gasteiger partial charge < -0.3 is 14.6 Å². The van der Waals surface area contributed by atoms with E-state index in [-0.39, 0.29) is 22.0 Å². The summed E-state index contributed by atoms with van der Waals surface area (Å²) in [7, 11) is 0. The van der Waals surface area contributed by atoms with Crippen LogP contribution in [0, 0.1) is 5.41 Å². The van der Waals surface area contributed by atoms with E-state index in [9.17, 15) is 14.7 Å². The number of carboxylic acids is 1. The molecule has 2 aliphatic rings. The van der Waals surface area contributed by atoms with Crippen LogP contribution in [0.2, 0.25) is 10.0 Å². The molecule has 134 valence electrons. The number of unbranched alkanes of at least 4 members (excludes halogenated alkanes) is 1. The Morgan fingerprint density at radius 2 is 2.12 bits per heavy atom. The fraction of sp³-hybridized carbons (Fsp3) is 0.474. The van der Waals surface area contributed by atoms with Gasteiger partial charge in [0, 0.05) is 17.4 Å². The molecule has 0 spiro atoms. The number of ketones is 1. The van der Waals surface area contributed by atoms with Crippen molar-refractivity contribution in [3.63, 3.8) is 0 Å². The van der Waals surface area contributed by atoms with Crippen LogP contribution in [0.1, 0.15) is 50.2 Å². The van der Waals surface area contributed by atoms with Crippen LogP contribution in [-0.2, 0) is 16.0 Å². The predicted molar refractivity (Wildman–Crippen MR) is 94.8 cm³/mol. The van der Waals surface area contributed by atoms with Gasteiger partial charge in [0.15, 0.2) is 5.78 Å². The third kappa shape index (κ3) is 3.30. The Balaban J connectivity index is 2.06. The molecule has 0 heterocycles. The molecule has 0 bridgehead atoms. The lowest BCUT2D eigenvalue weighted by atomic mass is 9.69. The second-order valence-electron chi connectivity index (χ2n) is 6.78. The summed E-state index contributed by atoms with van der Waals surface area (Å²) >= 11 is 12.8. The molecule has 6 heteroatoms. The third-order valence-electron chi connectivity index (χ3n) is 5.13. The van der Waals surface area contributed by atoms with Crippen LogP contribution in [0.15, 0.2) is 12.1 Å². The van der Waals surface area contributed by atoms with Gasteiger partial charge in [-0.25, -0.2) is 0 Å². The van der Waals surface area contributed by atoms with E-state index >= 15 is 0 Å². The summed E-state index contributed by atoms with van der Waals surface area (Å²) in [6, 6.07) is 1.75. The minimum Gasteiger partial charge on any atom is -0.546 e. The van der Waals surface area contributed by atoms with E-state index in [1.165, 1.54) is 0 Å². The molecule has 0 N–H and O–H groups in total. The van der Waals surface area contributed by atoms with Crippen molar-refractivity contribution in [1.82, 2.24) is 0 Å². The van der Waals surface area contributed by atoms with Crippen molar-refractivity contribution in [2.45, 2.75) is 45.4 Å². The first-order chi connectivity index (χ1) is 11.9. The molecule has 1 aromatic rings. The number of ether oxygens (including phenoxy) is 1. The number of benzene rings is 1. The maximum Gasteiger partial charge on any atom is 0.156 e. The van der Waals surface area contributed by atoms with Gasteiger partial charge in [-0.1, -0.05) is 43.0 Å². The van der Waals surface area contributed by atoms with Gasteiger partial charge >= 0.3 is 0 Å². The highest BCUT2D eigenvalue weighted by Crippen LogP contribution is 2.58. The SMILES string of the molecule is CCCCC12CCC(=O)C=C1c1c(cc(OCC(=O)[O-])c(Cl)c1Cl)C2. The summed E-state index contributed by atoms with van der Waals surface area (Å²) in [6.07, 6.45) is 6.96. The topological polar surface area (TPSA) is 66.4 Å². The molecule has 1 atom stereocenters. The van der Waals surface area contributed by atoms with E-state index < -0.39 is 12.6 Å². The summed E-state index contributed by atoms with van der Waals surface area (Å²) in [5.41, 5.74) is 2.66. The van der Waals surface area contributed by atoms with Gasteiger partial charge in [0.05, 0.1) is 11.0 Å².